The van der Waals surface area contributed by atoms with E-state index in [0.717, 1.165) is 32.4 Å². The van der Waals surface area contributed by atoms with Gasteiger partial charge in [-0.25, -0.2) is 9.97 Å². The van der Waals surface area contributed by atoms with Crippen LogP contribution in [0, 0.1) is 6.92 Å². The number of imidazole rings is 1. The van der Waals surface area contributed by atoms with Crippen molar-refractivity contribution in [1.29, 1.82) is 0 Å². The quantitative estimate of drug-likeness (QED) is 0.232. The summed E-state index contributed by atoms with van der Waals surface area (Å²) in [7, 11) is 4.09. The number of thiazole rings is 1. The Labute approximate surface area is 227 Å². The first-order valence-electron chi connectivity index (χ1n) is 13.1. The van der Waals surface area contributed by atoms with Gasteiger partial charge in [-0.3, -0.25) is 4.79 Å². The maximum atomic E-state index is 11.2. The summed E-state index contributed by atoms with van der Waals surface area (Å²) in [5, 5.41) is 3.38. The molecule has 0 fully saturated rings. The van der Waals surface area contributed by atoms with Gasteiger partial charge in [-0.15, -0.1) is 0 Å². The normalized spacial score (nSPS) is 10.9. The van der Waals surface area contributed by atoms with Crippen molar-refractivity contribution in [3.63, 3.8) is 0 Å². The molecule has 202 valence electrons. The fraction of sp³-hybridized carbons (Fsp3) is 0.607. The molecule has 0 saturated heterocycles. The molecule has 36 heavy (non-hydrogen) atoms. The van der Waals surface area contributed by atoms with Crippen LogP contribution in [0.15, 0.2) is 22.4 Å². The van der Waals surface area contributed by atoms with Gasteiger partial charge in [0.25, 0.3) is 0 Å². The number of nitrogens with zero attached hydrogens (tertiary/aromatic N) is 4. The van der Waals surface area contributed by atoms with Gasteiger partial charge in [-0.1, -0.05) is 91.9 Å². The van der Waals surface area contributed by atoms with Crippen LogP contribution >= 0.6 is 23.3 Å². The molecule has 0 saturated carbocycles. The van der Waals surface area contributed by atoms with Gasteiger partial charge >= 0.3 is 0 Å². The highest BCUT2D eigenvalue weighted by Gasteiger charge is 2.21. The lowest BCUT2D eigenvalue weighted by atomic mass is 9.96. The van der Waals surface area contributed by atoms with E-state index in [4.69, 9.17) is 4.98 Å². The van der Waals surface area contributed by atoms with Crippen LogP contribution < -0.4 is 9.62 Å². The smallest absolute Gasteiger partial charge is 0.223 e. The zero-order valence-electron chi connectivity index (χ0n) is 24.3. The fourth-order valence-corrected chi connectivity index (χ4v) is 5.69. The zero-order chi connectivity index (χ0) is 27.5. The summed E-state index contributed by atoms with van der Waals surface area (Å²) in [5.41, 5.74) is 4.10. The largest absolute Gasteiger partial charge is 0.331 e. The van der Waals surface area contributed by atoms with Crippen molar-refractivity contribution < 1.29 is 4.79 Å². The summed E-state index contributed by atoms with van der Waals surface area (Å²) < 4.78 is 5.32. The van der Waals surface area contributed by atoms with Crippen molar-refractivity contribution in [2.45, 2.75) is 104 Å². The Balaban J connectivity index is 0.000000623. The highest BCUT2D eigenvalue weighted by atomic mass is 32.2. The van der Waals surface area contributed by atoms with Gasteiger partial charge in [-0.2, -0.15) is 0 Å². The molecule has 3 rings (SSSR count). The van der Waals surface area contributed by atoms with Crippen LogP contribution in [-0.2, 0) is 17.3 Å². The van der Waals surface area contributed by atoms with E-state index in [1.54, 1.807) is 11.9 Å². The minimum Gasteiger partial charge on any atom is -0.331 e. The van der Waals surface area contributed by atoms with Crippen LogP contribution in [-0.4, -0.2) is 27.5 Å². The maximum absolute atomic E-state index is 11.2. The number of amides is 1. The number of benzene rings is 1. The number of fused-ring (bicyclic) bond motifs is 1. The summed E-state index contributed by atoms with van der Waals surface area (Å²) in [5.74, 6) is 0.965. The molecule has 0 spiro atoms. The van der Waals surface area contributed by atoms with Gasteiger partial charge in [0.2, 0.25) is 5.91 Å². The molecular formula is C28H47N5OS2. The zero-order valence-corrected chi connectivity index (χ0v) is 25.9. The Morgan fingerprint density at radius 2 is 1.72 bits per heavy atom. The van der Waals surface area contributed by atoms with E-state index in [1.165, 1.54) is 50.4 Å². The highest BCUT2D eigenvalue weighted by molar-refractivity contribution is 8.02. The predicted molar refractivity (Wildman–Crippen MR) is 161 cm³/mol. The molecule has 3 aromatic rings. The Hall–Kier alpha value is -2.06. The molecule has 0 atom stereocenters. The van der Waals surface area contributed by atoms with E-state index in [9.17, 15) is 4.79 Å². The second-order valence-electron chi connectivity index (χ2n) is 9.64. The molecule has 0 aliphatic rings. The van der Waals surface area contributed by atoms with Gasteiger partial charge in [-0.05, 0) is 25.1 Å². The number of anilines is 2. The average molecular weight is 534 g/mol. The van der Waals surface area contributed by atoms with Gasteiger partial charge in [0.1, 0.15) is 10.0 Å². The SMILES string of the molecule is CC.CC(=O)Nc1nc(C)c(SN(C)c2ccc3c(c2)nc(C(C)(C)C)n3C)s1.CCCCCCC. The summed E-state index contributed by atoms with van der Waals surface area (Å²) in [6, 6.07) is 6.34. The van der Waals surface area contributed by atoms with Crippen molar-refractivity contribution in [2.24, 2.45) is 7.05 Å². The minimum atomic E-state index is -0.107. The van der Waals surface area contributed by atoms with Crippen molar-refractivity contribution in [1.82, 2.24) is 14.5 Å². The molecule has 0 unspecified atom stereocenters. The number of hydrogen-bond acceptors (Lipinski definition) is 6. The molecule has 0 aliphatic heterocycles. The molecule has 2 aromatic heterocycles. The number of unbranched alkanes of at least 4 members (excludes halogenated alkanes) is 4. The van der Waals surface area contributed by atoms with E-state index in [2.05, 4.69) is 79.0 Å². The van der Waals surface area contributed by atoms with E-state index >= 15 is 0 Å². The van der Waals surface area contributed by atoms with E-state index < -0.39 is 0 Å². The second kappa shape index (κ2) is 15.3. The Morgan fingerprint density at radius 1 is 1.11 bits per heavy atom. The third-order valence-corrected chi connectivity index (χ3v) is 7.65. The summed E-state index contributed by atoms with van der Waals surface area (Å²) in [6.45, 7) is 18.5. The Kier molecular flexibility index (Phi) is 13.5. The second-order valence-corrected chi connectivity index (χ2v) is 12.0. The summed E-state index contributed by atoms with van der Waals surface area (Å²) in [4.78, 5) is 20.5. The maximum Gasteiger partial charge on any atom is 0.223 e. The molecule has 0 radical (unpaired) electrons. The first-order chi connectivity index (χ1) is 17.0. The van der Waals surface area contributed by atoms with Gasteiger partial charge < -0.3 is 14.2 Å². The van der Waals surface area contributed by atoms with Gasteiger partial charge in [0.05, 0.1) is 16.7 Å². The molecular weight excluding hydrogens is 486 g/mol. The monoisotopic (exact) mass is 533 g/mol. The molecule has 1 N–H and O–H groups in total. The molecule has 1 amide bonds. The third kappa shape index (κ3) is 9.43. The van der Waals surface area contributed by atoms with Crippen LogP contribution in [0.3, 0.4) is 0 Å². The lowest BCUT2D eigenvalue weighted by Crippen LogP contribution is -2.17. The highest BCUT2D eigenvalue weighted by Crippen LogP contribution is 2.37. The van der Waals surface area contributed by atoms with E-state index in [0.29, 0.717) is 5.13 Å². The molecule has 2 heterocycles. The minimum absolute atomic E-state index is 0.00551. The fourth-order valence-electron chi connectivity index (χ4n) is 3.58. The number of aryl methyl sites for hydroxylation is 2. The van der Waals surface area contributed by atoms with Gasteiger partial charge in [0, 0.05) is 44.1 Å². The van der Waals surface area contributed by atoms with Crippen molar-refractivity contribution in [3.05, 3.63) is 29.7 Å². The number of carbonyl (C=O) groups excluding carboxylic acids is 1. The molecule has 0 aliphatic carbocycles. The topological polar surface area (TPSA) is 63.1 Å². The first kappa shape index (κ1) is 32.0. The van der Waals surface area contributed by atoms with Crippen LogP contribution in [0.4, 0.5) is 10.8 Å². The predicted octanol–water partition coefficient (Wildman–Crippen LogP) is 8.74. The molecule has 8 heteroatoms. The van der Waals surface area contributed by atoms with Crippen molar-refractivity contribution in [2.75, 3.05) is 16.7 Å². The van der Waals surface area contributed by atoms with Crippen molar-refractivity contribution >= 4 is 51.0 Å². The lowest BCUT2D eigenvalue weighted by molar-refractivity contribution is -0.114. The van der Waals surface area contributed by atoms with E-state index in [-0.39, 0.29) is 11.3 Å². The average Bonchev–Trinajstić information content (AvgIpc) is 3.34. The number of aromatic nitrogens is 3. The molecule has 0 bridgehead atoms. The van der Waals surface area contributed by atoms with E-state index in [1.807, 2.05) is 27.8 Å². The van der Waals surface area contributed by atoms with Crippen LogP contribution in [0.25, 0.3) is 11.0 Å². The first-order valence-corrected chi connectivity index (χ1v) is 14.7. The Bertz CT molecular complexity index is 1080. The number of carbonyl (C=O) groups is 1. The third-order valence-electron chi connectivity index (χ3n) is 5.36. The molecule has 1 aromatic carbocycles. The summed E-state index contributed by atoms with van der Waals surface area (Å²) in [6.07, 6.45) is 7.01. The van der Waals surface area contributed by atoms with Crippen molar-refractivity contribution in [3.8, 4) is 0 Å². The number of hydrogen-bond donors (Lipinski definition) is 1. The van der Waals surface area contributed by atoms with Gasteiger partial charge in [0.15, 0.2) is 5.13 Å². The molecule has 6 nitrogen and oxygen atoms in total. The Morgan fingerprint density at radius 3 is 2.25 bits per heavy atom. The van der Waals surface area contributed by atoms with Crippen LogP contribution in [0.5, 0.6) is 0 Å². The number of nitrogens with one attached hydrogen (secondary N) is 1. The number of rotatable bonds is 8. The lowest BCUT2D eigenvalue weighted by Gasteiger charge is -2.17. The summed E-state index contributed by atoms with van der Waals surface area (Å²) >= 11 is 3.08. The standard InChI is InChI=1S/C19H25N5OS2.C7H16.C2H6/c1-11-16(26-18(20-11)21-12(2)25)27-24(7)13-8-9-15-14(10-13)22-17(23(15)6)19(3,4)5;1-3-5-7-6-4-2;1-2/h8-10H,1-7H3,(H,20,21,25);3-7H2,1-2H3;1-2H3. The van der Waals surface area contributed by atoms with Crippen LogP contribution in [0.1, 0.15) is 99.0 Å². The van der Waals surface area contributed by atoms with Crippen LogP contribution in [0.2, 0.25) is 0 Å².